The molecule has 0 aromatic heterocycles. The van der Waals surface area contributed by atoms with Crippen molar-refractivity contribution >= 4 is 39.3 Å². The predicted molar refractivity (Wildman–Crippen MR) is 89.6 cm³/mol. The molecule has 0 atom stereocenters. The fourth-order valence-electron chi connectivity index (χ4n) is 1.92. The number of hydrogen-bond donors (Lipinski definition) is 1. The highest BCUT2D eigenvalue weighted by molar-refractivity contribution is 9.10. The van der Waals surface area contributed by atoms with Crippen LogP contribution in [0.15, 0.2) is 56.7 Å². The van der Waals surface area contributed by atoms with E-state index in [9.17, 15) is 0 Å². The molecule has 2 aromatic carbocycles. The van der Waals surface area contributed by atoms with Crippen LogP contribution in [0.1, 0.15) is 18.4 Å². The molecule has 0 bridgehead atoms. The average molecular weight is 369 g/mol. The van der Waals surface area contributed by atoms with E-state index in [2.05, 4.69) is 39.4 Å². The van der Waals surface area contributed by atoms with Crippen molar-refractivity contribution in [2.45, 2.75) is 35.2 Å². The topological polar surface area (TPSA) is 12.0 Å². The molecule has 4 heteroatoms. The van der Waals surface area contributed by atoms with Crippen LogP contribution in [-0.4, -0.2) is 6.04 Å². The van der Waals surface area contributed by atoms with Crippen LogP contribution in [-0.2, 0) is 6.54 Å². The summed E-state index contributed by atoms with van der Waals surface area (Å²) in [6.45, 7) is 0.954. The molecule has 1 saturated carbocycles. The van der Waals surface area contributed by atoms with Gasteiger partial charge in [0.05, 0.1) is 0 Å². The van der Waals surface area contributed by atoms with E-state index < -0.39 is 0 Å². The summed E-state index contributed by atoms with van der Waals surface area (Å²) >= 11 is 11.3. The molecule has 0 amide bonds. The number of nitrogens with one attached hydrogen (secondary N) is 1. The van der Waals surface area contributed by atoms with Gasteiger partial charge in [0.15, 0.2) is 0 Å². The molecular weight excluding hydrogens is 354 g/mol. The van der Waals surface area contributed by atoms with Crippen LogP contribution in [0, 0.1) is 0 Å². The molecule has 20 heavy (non-hydrogen) atoms. The minimum atomic E-state index is 0.747. The van der Waals surface area contributed by atoms with Gasteiger partial charge in [0.2, 0.25) is 0 Å². The minimum Gasteiger partial charge on any atom is -0.310 e. The quantitative estimate of drug-likeness (QED) is 0.747. The van der Waals surface area contributed by atoms with Gasteiger partial charge < -0.3 is 5.32 Å². The van der Waals surface area contributed by atoms with Crippen LogP contribution >= 0.6 is 39.3 Å². The Bertz CT molecular complexity index is 596. The number of rotatable bonds is 5. The third-order valence-electron chi connectivity index (χ3n) is 3.21. The molecule has 1 fully saturated rings. The first-order valence-corrected chi connectivity index (χ1v) is 8.65. The van der Waals surface area contributed by atoms with E-state index in [0.717, 1.165) is 22.1 Å². The lowest BCUT2D eigenvalue weighted by Gasteiger charge is -2.08. The van der Waals surface area contributed by atoms with Crippen LogP contribution < -0.4 is 5.32 Å². The Morgan fingerprint density at radius 1 is 1.15 bits per heavy atom. The van der Waals surface area contributed by atoms with Crippen molar-refractivity contribution in [3.63, 3.8) is 0 Å². The lowest BCUT2D eigenvalue weighted by atomic mass is 10.2. The van der Waals surface area contributed by atoms with Gasteiger partial charge in [0, 0.05) is 31.9 Å². The highest BCUT2D eigenvalue weighted by atomic mass is 79.9. The Kier molecular flexibility index (Phi) is 4.72. The molecule has 2 aromatic rings. The third kappa shape index (κ3) is 4.01. The summed E-state index contributed by atoms with van der Waals surface area (Å²) in [5, 5.41) is 4.31. The Balaban J connectivity index is 1.68. The van der Waals surface area contributed by atoms with Gasteiger partial charge in [0.25, 0.3) is 0 Å². The van der Waals surface area contributed by atoms with Gasteiger partial charge in [-0.2, -0.15) is 0 Å². The van der Waals surface area contributed by atoms with Gasteiger partial charge in [-0.3, -0.25) is 0 Å². The van der Waals surface area contributed by atoms with Crippen molar-refractivity contribution < 1.29 is 0 Å². The summed E-state index contributed by atoms with van der Waals surface area (Å²) in [5.74, 6) is 0. The second-order valence-corrected chi connectivity index (χ2v) is 7.38. The average Bonchev–Trinajstić information content (AvgIpc) is 3.26. The van der Waals surface area contributed by atoms with Gasteiger partial charge in [-0.1, -0.05) is 29.4 Å². The number of hydrogen-bond acceptors (Lipinski definition) is 2. The second-order valence-electron chi connectivity index (χ2n) is 4.98. The number of benzene rings is 2. The second kappa shape index (κ2) is 6.52. The Hall–Kier alpha value is -0.480. The Morgan fingerprint density at radius 2 is 1.90 bits per heavy atom. The lowest BCUT2D eigenvalue weighted by Crippen LogP contribution is -2.15. The summed E-state index contributed by atoms with van der Waals surface area (Å²) in [7, 11) is 0. The molecule has 104 valence electrons. The third-order valence-corrected chi connectivity index (χ3v) is 5.46. The van der Waals surface area contributed by atoms with Crippen molar-refractivity contribution in [2.75, 3.05) is 0 Å². The van der Waals surface area contributed by atoms with Gasteiger partial charge in [-0.05, 0) is 70.7 Å². The zero-order chi connectivity index (χ0) is 13.9. The zero-order valence-corrected chi connectivity index (χ0v) is 14.1. The van der Waals surface area contributed by atoms with E-state index in [-0.39, 0.29) is 0 Å². The molecule has 0 saturated heterocycles. The first kappa shape index (κ1) is 14.5. The van der Waals surface area contributed by atoms with Crippen LogP contribution in [0.2, 0.25) is 5.02 Å². The first-order chi connectivity index (χ1) is 9.70. The lowest BCUT2D eigenvalue weighted by molar-refractivity contribution is 0.687. The molecule has 0 spiro atoms. The maximum absolute atomic E-state index is 5.91. The molecule has 0 heterocycles. The van der Waals surface area contributed by atoms with Gasteiger partial charge in [-0.15, -0.1) is 0 Å². The number of halogens is 2. The summed E-state index contributed by atoms with van der Waals surface area (Å²) in [6.07, 6.45) is 2.65. The molecule has 1 N–H and O–H groups in total. The normalized spacial score (nSPS) is 14.5. The minimum absolute atomic E-state index is 0.747. The highest BCUT2D eigenvalue weighted by Crippen LogP contribution is 2.34. The van der Waals surface area contributed by atoms with Gasteiger partial charge in [-0.25, -0.2) is 0 Å². The van der Waals surface area contributed by atoms with Crippen LogP contribution in [0.3, 0.4) is 0 Å². The maximum atomic E-state index is 5.91. The summed E-state index contributed by atoms with van der Waals surface area (Å²) < 4.78 is 1.15. The molecule has 1 aliphatic rings. The smallest absolute Gasteiger partial charge is 0.0406 e. The van der Waals surface area contributed by atoms with E-state index in [1.54, 1.807) is 11.8 Å². The fraction of sp³-hybridized carbons (Fsp3) is 0.250. The molecule has 1 nitrogen and oxygen atoms in total. The molecule has 3 rings (SSSR count). The van der Waals surface area contributed by atoms with E-state index in [1.165, 1.54) is 28.2 Å². The fourth-order valence-corrected chi connectivity index (χ4v) is 3.53. The molecular formula is C16H15BrClNS. The van der Waals surface area contributed by atoms with Gasteiger partial charge >= 0.3 is 0 Å². The van der Waals surface area contributed by atoms with Crippen LogP contribution in [0.25, 0.3) is 0 Å². The highest BCUT2D eigenvalue weighted by Gasteiger charge is 2.19. The van der Waals surface area contributed by atoms with Crippen molar-refractivity contribution in [3.8, 4) is 0 Å². The molecule has 0 aliphatic heterocycles. The summed E-state index contributed by atoms with van der Waals surface area (Å²) in [5.41, 5.74) is 1.32. The van der Waals surface area contributed by atoms with E-state index in [1.807, 2.05) is 24.3 Å². The maximum Gasteiger partial charge on any atom is 0.0406 e. The molecule has 1 aliphatic carbocycles. The zero-order valence-electron chi connectivity index (χ0n) is 10.9. The Labute approximate surface area is 137 Å². The Morgan fingerprint density at radius 3 is 2.55 bits per heavy atom. The summed E-state index contributed by atoms with van der Waals surface area (Å²) in [6, 6.07) is 15.2. The largest absolute Gasteiger partial charge is 0.310 e. The van der Waals surface area contributed by atoms with Crippen LogP contribution in [0.4, 0.5) is 0 Å². The van der Waals surface area contributed by atoms with E-state index >= 15 is 0 Å². The van der Waals surface area contributed by atoms with Crippen molar-refractivity contribution in [1.82, 2.24) is 5.32 Å². The van der Waals surface area contributed by atoms with E-state index in [4.69, 9.17) is 11.6 Å². The van der Waals surface area contributed by atoms with Crippen molar-refractivity contribution in [2.24, 2.45) is 0 Å². The standard InChI is InChI=1S/C16H15BrClNS/c17-15-9-11(10-19-13-4-5-13)1-8-16(15)20-14-6-2-12(18)3-7-14/h1-3,6-9,13,19H,4-5,10H2. The SMILES string of the molecule is Clc1ccc(Sc2ccc(CNC3CC3)cc2Br)cc1. The summed E-state index contributed by atoms with van der Waals surface area (Å²) in [4.78, 5) is 2.42. The van der Waals surface area contributed by atoms with Crippen LogP contribution in [0.5, 0.6) is 0 Å². The van der Waals surface area contributed by atoms with Crippen molar-refractivity contribution in [3.05, 3.63) is 57.5 Å². The van der Waals surface area contributed by atoms with Gasteiger partial charge in [0.1, 0.15) is 0 Å². The van der Waals surface area contributed by atoms with E-state index in [0.29, 0.717) is 0 Å². The van der Waals surface area contributed by atoms with Crippen molar-refractivity contribution in [1.29, 1.82) is 0 Å². The first-order valence-electron chi connectivity index (χ1n) is 6.66. The predicted octanol–water partition coefficient (Wildman–Crippen LogP) is 5.51. The molecule has 0 unspecified atom stereocenters. The monoisotopic (exact) mass is 367 g/mol. The molecule has 0 radical (unpaired) electrons.